The quantitative estimate of drug-likeness (QED) is 0.419. The molecule has 0 aromatic heterocycles. The first-order valence-corrected chi connectivity index (χ1v) is 14.4. The van der Waals surface area contributed by atoms with E-state index in [1.165, 1.54) is 31.0 Å². The highest BCUT2D eigenvalue weighted by Gasteiger charge is 2.37. The summed E-state index contributed by atoms with van der Waals surface area (Å²) in [6.45, 7) is 1.95. The van der Waals surface area contributed by atoms with Crippen LogP contribution in [-0.2, 0) is 16.0 Å². The van der Waals surface area contributed by atoms with Crippen molar-refractivity contribution in [2.24, 2.45) is 5.92 Å². The van der Waals surface area contributed by atoms with E-state index in [9.17, 15) is 13.6 Å². The van der Waals surface area contributed by atoms with Gasteiger partial charge in [0.05, 0.1) is 6.10 Å². The number of piperazine rings is 1. The maximum absolute atomic E-state index is 15.0. The Kier molecular flexibility index (Phi) is 8.80. The number of hydrogen-bond donors (Lipinski definition) is 2. The molecule has 3 unspecified atom stereocenters. The van der Waals surface area contributed by atoms with Crippen molar-refractivity contribution in [2.45, 2.75) is 69.1 Å². The Morgan fingerprint density at radius 1 is 1.22 bits per heavy atom. The molecule has 200 valence electrons. The molecule has 2 bridgehead atoms. The summed E-state index contributed by atoms with van der Waals surface area (Å²) < 4.78 is 36.5. The summed E-state index contributed by atoms with van der Waals surface area (Å²) in [5.74, 6) is 0.679. The van der Waals surface area contributed by atoms with Gasteiger partial charge in [-0.25, -0.2) is 13.1 Å². The van der Waals surface area contributed by atoms with Crippen LogP contribution in [0.2, 0.25) is 0 Å². The highest BCUT2D eigenvalue weighted by molar-refractivity contribution is 7.97. The molecular formula is C29H37F2N3O2S. The molecule has 1 aliphatic carbocycles. The van der Waals surface area contributed by atoms with Crippen molar-refractivity contribution in [3.8, 4) is 0 Å². The standard InChI is InChI=1S/C29H37F2N3O2S/c1-36-24-14-20(15-24)26(19-7-9-21(30)10-8-19)16-29(35)33-28-6-2-5-27(31)25(28)12-11-23-17-32-22-4-3-13-37-34(23)18-22/h2,5-10,20,22-24,26,32H,3-4,11-18H2,1H3,(H,33,35)/t20?,22-,23?,24?,26?/m1/s1. The molecule has 5 nitrogen and oxygen atoms in total. The van der Waals surface area contributed by atoms with Crippen molar-refractivity contribution >= 4 is 23.5 Å². The second-order valence-corrected chi connectivity index (χ2v) is 11.8. The van der Waals surface area contributed by atoms with Crippen molar-refractivity contribution in [1.82, 2.24) is 9.62 Å². The van der Waals surface area contributed by atoms with Crippen LogP contribution < -0.4 is 10.6 Å². The summed E-state index contributed by atoms with van der Waals surface area (Å²) in [5.41, 5.74) is 2.07. The number of amides is 1. The normalized spacial score (nSPS) is 28.1. The van der Waals surface area contributed by atoms with Crippen LogP contribution in [0.25, 0.3) is 0 Å². The summed E-state index contributed by atoms with van der Waals surface area (Å²) in [7, 11) is 1.71. The van der Waals surface area contributed by atoms with E-state index in [0.29, 0.717) is 35.7 Å². The lowest BCUT2D eigenvalue weighted by molar-refractivity contribution is -0.117. The lowest BCUT2D eigenvalue weighted by atomic mass is 9.70. The van der Waals surface area contributed by atoms with E-state index in [0.717, 1.165) is 43.7 Å². The number of nitrogens with one attached hydrogen (secondary N) is 2. The van der Waals surface area contributed by atoms with Crippen LogP contribution >= 0.6 is 11.9 Å². The Morgan fingerprint density at radius 2 is 2.03 bits per heavy atom. The molecule has 5 rings (SSSR count). The van der Waals surface area contributed by atoms with Gasteiger partial charge in [-0.15, -0.1) is 0 Å². The van der Waals surface area contributed by atoms with E-state index in [2.05, 4.69) is 14.9 Å². The third kappa shape index (κ3) is 6.53. The van der Waals surface area contributed by atoms with Gasteiger partial charge in [-0.05, 0) is 80.2 Å². The first-order chi connectivity index (χ1) is 18.0. The third-order valence-electron chi connectivity index (χ3n) is 8.26. The number of halogens is 2. The van der Waals surface area contributed by atoms with Gasteiger partial charge < -0.3 is 15.4 Å². The van der Waals surface area contributed by atoms with Gasteiger partial charge in [0, 0.05) is 55.7 Å². The molecule has 2 aliphatic heterocycles. The van der Waals surface area contributed by atoms with Gasteiger partial charge in [0.2, 0.25) is 5.91 Å². The predicted molar refractivity (Wildman–Crippen MR) is 145 cm³/mol. The zero-order valence-electron chi connectivity index (χ0n) is 21.4. The van der Waals surface area contributed by atoms with Crippen LogP contribution in [0, 0.1) is 17.6 Å². The molecular weight excluding hydrogens is 492 g/mol. The number of carbonyl (C=O) groups is 1. The fourth-order valence-corrected chi connectivity index (χ4v) is 7.19. The minimum absolute atomic E-state index is 0.0367. The predicted octanol–water partition coefficient (Wildman–Crippen LogP) is 5.52. The number of nitrogens with zero attached hydrogens (tertiary/aromatic N) is 1. The highest BCUT2D eigenvalue weighted by Crippen LogP contribution is 2.43. The first kappa shape index (κ1) is 26.6. The summed E-state index contributed by atoms with van der Waals surface area (Å²) in [6.07, 6.45) is 6.06. The van der Waals surface area contributed by atoms with Gasteiger partial charge in [-0.2, -0.15) is 0 Å². The van der Waals surface area contributed by atoms with Crippen molar-refractivity contribution < 1.29 is 18.3 Å². The number of carbonyl (C=O) groups excluding carboxylic acids is 1. The maximum atomic E-state index is 15.0. The van der Waals surface area contributed by atoms with Crippen molar-refractivity contribution in [2.75, 3.05) is 31.3 Å². The SMILES string of the molecule is COC1CC(C(CC(=O)Nc2cccc(F)c2CCC2CN[C@@H]3CCCSN2C3)c2ccc(F)cc2)C1. The van der Waals surface area contributed by atoms with E-state index < -0.39 is 0 Å². The fraction of sp³-hybridized carbons (Fsp3) is 0.552. The van der Waals surface area contributed by atoms with Crippen LogP contribution in [-0.4, -0.2) is 54.4 Å². The number of ether oxygens (including phenoxy) is 1. The minimum Gasteiger partial charge on any atom is -0.381 e. The summed E-state index contributed by atoms with van der Waals surface area (Å²) in [4.78, 5) is 13.2. The molecule has 8 heteroatoms. The molecule has 37 heavy (non-hydrogen) atoms. The van der Waals surface area contributed by atoms with Crippen molar-refractivity contribution in [3.05, 3.63) is 65.2 Å². The number of hydrogen-bond acceptors (Lipinski definition) is 5. The molecule has 0 radical (unpaired) electrons. The molecule has 3 fully saturated rings. The molecule has 4 atom stereocenters. The second kappa shape index (κ2) is 12.2. The number of rotatable bonds is 9. The first-order valence-electron chi connectivity index (χ1n) is 13.5. The smallest absolute Gasteiger partial charge is 0.225 e. The molecule has 1 saturated carbocycles. The Labute approximate surface area is 222 Å². The molecule has 3 aliphatic rings. The van der Waals surface area contributed by atoms with Crippen molar-refractivity contribution in [3.63, 3.8) is 0 Å². The van der Waals surface area contributed by atoms with Gasteiger partial charge in [0.1, 0.15) is 11.6 Å². The average Bonchev–Trinajstić information content (AvgIpc) is 3.05. The van der Waals surface area contributed by atoms with Gasteiger partial charge in [0.25, 0.3) is 0 Å². The largest absolute Gasteiger partial charge is 0.381 e. The van der Waals surface area contributed by atoms with E-state index in [4.69, 9.17) is 4.74 Å². The zero-order valence-corrected chi connectivity index (χ0v) is 22.2. The van der Waals surface area contributed by atoms with Crippen LogP contribution in [0.3, 0.4) is 0 Å². The molecule has 2 saturated heterocycles. The Morgan fingerprint density at radius 3 is 2.81 bits per heavy atom. The van der Waals surface area contributed by atoms with Crippen molar-refractivity contribution in [1.29, 1.82) is 0 Å². The molecule has 2 N–H and O–H groups in total. The highest BCUT2D eigenvalue weighted by atomic mass is 32.2. The molecule has 1 amide bonds. The molecule has 0 spiro atoms. The number of methoxy groups -OCH3 is 1. The minimum atomic E-state index is -0.290. The van der Waals surface area contributed by atoms with E-state index in [-0.39, 0.29) is 36.0 Å². The lowest BCUT2D eigenvalue weighted by Gasteiger charge is -2.39. The lowest BCUT2D eigenvalue weighted by Crippen LogP contribution is -2.53. The summed E-state index contributed by atoms with van der Waals surface area (Å²) >= 11 is 1.92. The Hall–Kier alpha value is -2.00. The second-order valence-electron chi connectivity index (χ2n) is 10.6. The maximum Gasteiger partial charge on any atom is 0.225 e. The Bertz CT molecular complexity index is 1060. The molecule has 2 aromatic carbocycles. The van der Waals surface area contributed by atoms with Crippen LogP contribution in [0.15, 0.2) is 42.5 Å². The fourth-order valence-electron chi connectivity index (χ4n) is 5.98. The molecule has 2 heterocycles. The van der Waals surface area contributed by atoms with Gasteiger partial charge in [0.15, 0.2) is 0 Å². The third-order valence-corrected chi connectivity index (χ3v) is 9.51. The van der Waals surface area contributed by atoms with Crippen LogP contribution in [0.1, 0.15) is 55.6 Å². The topological polar surface area (TPSA) is 53.6 Å². The van der Waals surface area contributed by atoms with Gasteiger partial charge >= 0.3 is 0 Å². The van der Waals surface area contributed by atoms with Crippen LogP contribution in [0.4, 0.5) is 14.5 Å². The molecule has 2 aromatic rings. The monoisotopic (exact) mass is 529 g/mol. The average molecular weight is 530 g/mol. The number of fused-ring (bicyclic) bond motifs is 2. The number of benzene rings is 2. The van der Waals surface area contributed by atoms with E-state index in [1.807, 2.05) is 11.9 Å². The van der Waals surface area contributed by atoms with E-state index >= 15 is 0 Å². The van der Waals surface area contributed by atoms with Gasteiger partial charge in [-0.1, -0.05) is 30.1 Å². The van der Waals surface area contributed by atoms with E-state index in [1.54, 1.807) is 31.4 Å². The van der Waals surface area contributed by atoms with Gasteiger partial charge in [-0.3, -0.25) is 4.79 Å². The summed E-state index contributed by atoms with van der Waals surface area (Å²) in [6, 6.07) is 12.2. The Balaban J connectivity index is 1.25. The number of anilines is 1. The zero-order chi connectivity index (χ0) is 25.8. The summed E-state index contributed by atoms with van der Waals surface area (Å²) in [5, 5.41) is 6.67. The van der Waals surface area contributed by atoms with Crippen LogP contribution in [0.5, 0.6) is 0 Å².